The monoisotopic (exact) mass is 335 g/mol. The van der Waals surface area contributed by atoms with Crippen LogP contribution in [0.5, 0.6) is 0 Å². The number of carbonyl (C=O) groups is 2. The maximum absolute atomic E-state index is 12.2. The molecule has 0 bridgehead atoms. The van der Waals surface area contributed by atoms with Crippen molar-refractivity contribution in [2.75, 3.05) is 5.32 Å². The second-order valence-electron chi connectivity index (χ2n) is 7.23. The first-order chi connectivity index (χ1) is 11.1. The first-order valence-corrected chi connectivity index (χ1v) is 8.02. The van der Waals surface area contributed by atoms with Gasteiger partial charge in [-0.25, -0.2) is 4.79 Å². The number of aromatic nitrogens is 1. The molecular formula is C17H25N3O4. The minimum Gasteiger partial charge on any atom is -0.481 e. The van der Waals surface area contributed by atoms with E-state index in [0.29, 0.717) is 12.0 Å². The first kappa shape index (κ1) is 18.0. The number of carbonyl (C=O) groups excluding carboxylic acids is 1. The molecule has 0 spiro atoms. The standard InChI is InChI=1S/C17H25N3O4/c1-9-6-7-20(5)14(21)13(9)19-16(24)18-10(2)11-8-12(15(22)23)17(11,3)4/h6-7,10-12H,8H2,1-5H3,(H,22,23)(H2,18,19,24)/t10?,11-,12+/m0/s1. The third-order valence-electron chi connectivity index (χ3n) is 5.32. The van der Waals surface area contributed by atoms with Gasteiger partial charge in [0, 0.05) is 19.3 Å². The fourth-order valence-corrected chi connectivity index (χ4v) is 3.56. The summed E-state index contributed by atoms with van der Waals surface area (Å²) in [5.74, 6) is -1.11. The van der Waals surface area contributed by atoms with Gasteiger partial charge in [-0.05, 0) is 43.2 Å². The molecule has 1 saturated carbocycles. The van der Waals surface area contributed by atoms with Crippen LogP contribution in [-0.2, 0) is 11.8 Å². The van der Waals surface area contributed by atoms with Gasteiger partial charge in [0.25, 0.3) is 5.56 Å². The predicted octanol–water partition coefficient (Wildman–Crippen LogP) is 1.95. The molecule has 2 amide bonds. The quantitative estimate of drug-likeness (QED) is 0.783. The topological polar surface area (TPSA) is 100 Å². The Morgan fingerprint density at radius 2 is 2.04 bits per heavy atom. The summed E-state index contributed by atoms with van der Waals surface area (Å²) in [5, 5.41) is 14.6. The molecule has 7 nitrogen and oxygen atoms in total. The van der Waals surface area contributed by atoms with Crippen LogP contribution in [0.1, 0.15) is 32.8 Å². The van der Waals surface area contributed by atoms with Gasteiger partial charge in [-0.15, -0.1) is 0 Å². The fraction of sp³-hybridized carbons (Fsp3) is 0.588. The highest BCUT2D eigenvalue weighted by Crippen LogP contribution is 2.52. The summed E-state index contributed by atoms with van der Waals surface area (Å²) < 4.78 is 1.40. The van der Waals surface area contributed by atoms with Crippen LogP contribution in [0.4, 0.5) is 10.5 Å². The van der Waals surface area contributed by atoms with Crippen LogP contribution in [0, 0.1) is 24.2 Å². The lowest BCUT2D eigenvalue weighted by Gasteiger charge is -2.52. The zero-order valence-corrected chi connectivity index (χ0v) is 14.7. The number of hydrogen-bond acceptors (Lipinski definition) is 3. The van der Waals surface area contributed by atoms with E-state index in [2.05, 4.69) is 10.6 Å². The van der Waals surface area contributed by atoms with Gasteiger partial charge in [0.1, 0.15) is 5.69 Å². The highest BCUT2D eigenvalue weighted by atomic mass is 16.4. The smallest absolute Gasteiger partial charge is 0.319 e. The van der Waals surface area contributed by atoms with Crippen LogP contribution in [0.3, 0.4) is 0 Å². The van der Waals surface area contributed by atoms with Crippen molar-refractivity contribution in [3.63, 3.8) is 0 Å². The van der Waals surface area contributed by atoms with Gasteiger partial charge in [0.05, 0.1) is 5.92 Å². The van der Waals surface area contributed by atoms with E-state index < -0.39 is 17.9 Å². The number of aliphatic carboxylic acids is 1. The van der Waals surface area contributed by atoms with E-state index in [9.17, 15) is 19.5 Å². The van der Waals surface area contributed by atoms with Crippen molar-refractivity contribution in [3.8, 4) is 0 Å². The predicted molar refractivity (Wildman–Crippen MR) is 91.1 cm³/mol. The number of nitrogens with one attached hydrogen (secondary N) is 2. The normalized spacial score (nSPS) is 23.0. The average Bonchev–Trinajstić information content (AvgIpc) is 2.46. The molecule has 1 aromatic rings. The zero-order chi connectivity index (χ0) is 18.2. The molecule has 1 fully saturated rings. The van der Waals surface area contributed by atoms with E-state index in [0.717, 1.165) is 0 Å². The molecule has 132 valence electrons. The number of nitrogens with zero attached hydrogens (tertiary/aromatic N) is 1. The Morgan fingerprint density at radius 1 is 1.42 bits per heavy atom. The minimum atomic E-state index is -0.795. The van der Waals surface area contributed by atoms with E-state index in [1.807, 2.05) is 20.8 Å². The van der Waals surface area contributed by atoms with E-state index in [1.165, 1.54) is 4.57 Å². The summed E-state index contributed by atoms with van der Waals surface area (Å²) in [5.41, 5.74) is 0.293. The SMILES string of the molecule is Cc1ccn(C)c(=O)c1NC(=O)NC(C)[C@@H]1C[C@H](C(=O)O)C1(C)C. The Bertz CT molecular complexity index is 723. The van der Waals surface area contributed by atoms with Crippen molar-refractivity contribution in [3.05, 3.63) is 28.2 Å². The number of rotatable bonds is 4. The average molecular weight is 335 g/mol. The van der Waals surface area contributed by atoms with Gasteiger partial charge in [0.2, 0.25) is 0 Å². The maximum Gasteiger partial charge on any atom is 0.319 e. The van der Waals surface area contributed by atoms with Crippen LogP contribution in [0.2, 0.25) is 0 Å². The number of urea groups is 1. The van der Waals surface area contributed by atoms with Gasteiger partial charge in [-0.1, -0.05) is 13.8 Å². The van der Waals surface area contributed by atoms with Gasteiger partial charge in [-0.2, -0.15) is 0 Å². The molecule has 1 unspecified atom stereocenters. The molecule has 24 heavy (non-hydrogen) atoms. The largest absolute Gasteiger partial charge is 0.481 e. The molecular weight excluding hydrogens is 310 g/mol. The van der Waals surface area contributed by atoms with Crippen LogP contribution >= 0.6 is 0 Å². The Morgan fingerprint density at radius 3 is 2.58 bits per heavy atom. The van der Waals surface area contributed by atoms with Crippen molar-refractivity contribution in [1.29, 1.82) is 0 Å². The molecule has 0 radical (unpaired) electrons. The number of amides is 2. The van der Waals surface area contributed by atoms with Gasteiger partial charge < -0.3 is 20.3 Å². The summed E-state index contributed by atoms with van der Waals surface area (Å²) in [6.07, 6.45) is 2.18. The molecule has 3 N–H and O–H groups in total. The third-order valence-corrected chi connectivity index (χ3v) is 5.32. The number of anilines is 1. The number of aryl methyl sites for hydroxylation is 2. The van der Waals surface area contributed by atoms with E-state index in [4.69, 9.17) is 0 Å². The second-order valence-corrected chi connectivity index (χ2v) is 7.23. The molecule has 0 aliphatic heterocycles. The van der Waals surface area contributed by atoms with Crippen LogP contribution in [-0.4, -0.2) is 27.7 Å². The molecule has 1 aliphatic carbocycles. The number of carboxylic acid groups (broad SMARTS) is 1. The number of carboxylic acids is 1. The van der Waals surface area contributed by atoms with Crippen molar-refractivity contribution in [2.24, 2.45) is 24.3 Å². The van der Waals surface area contributed by atoms with Crippen molar-refractivity contribution in [2.45, 2.75) is 40.2 Å². The zero-order valence-electron chi connectivity index (χ0n) is 14.7. The van der Waals surface area contributed by atoms with Crippen molar-refractivity contribution < 1.29 is 14.7 Å². The van der Waals surface area contributed by atoms with Crippen LogP contribution in [0.15, 0.2) is 17.1 Å². The van der Waals surface area contributed by atoms with E-state index in [1.54, 1.807) is 26.2 Å². The highest BCUT2D eigenvalue weighted by molar-refractivity contribution is 5.90. The molecule has 0 saturated heterocycles. The lowest BCUT2D eigenvalue weighted by Crippen LogP contribution is -2.57. The minimum absolute atomic E-state index is 0.0732. The lowest BCUT2D eigenvalue weighted by molar-refractivity contribution is -0.160. The van der Waals surface area contributed by atoms with Gasteiger partial charge in [0.15, 0.2) is 0 Å². The van der Waals surface area contributed by atoms with E-state index in [-0.39, 0.29) is 28.6 Å². The van der Waals surface area contributed by atoms with Crippen LogP contribution < -0.4 is 16.2 Å². The Hall–Kier alpha value is -2.31. The fourth-order valence-electron chi connectivity index (χ4n) is 3.56. The lowest BCUT2D eigenvalue weighted by atomic mass is 9.53. The van der Waals surface area contributed by atoms with E-state index >= 15 is 0 Å². The second kappa shape index (κ2) is 6.30. The van der Waals surface area contributed by atoms with Crippen molar-refractivity contribution >= 4 is 17.7 Å². The summed E-state index contributed by atoms with van der Waals surface area (Å²) >= 11 is 0. The van der Waals surface area contributed by atoms with Crippen LogP contribution in [0.25, 0.3) is 0 Å². The summed E-state index contributed by atoms with van der Waals surface area (Å²) in [6, 6.07) is 1.11. The van der Waals surface area contributed by atoms with Gasteiger partial charge >= 0.3 is 12.0 Å². The molecule has 7 heteroatoms. The van der Waals surface area contributed by atoms with Gasteiger partial charge in [-0.3, -0.25) is 9.59 Å². The molecule has 0 aromatic carbocycles. The summed E-state index contributed by atoms with van der Waals surface area (Å²) in [4.78, 5) is 35.5. The molecule has 1 heterocycles. The Balaban J connectivity index is 2.03. The molecule has 1 aromatic heterocycles. The molecule has 2 rings (SSSR count). The number of pyridine rings is 1. The summed E-state index contributed by atoms with van der Waals surface area (Å²) in [6.45, 7) is 7.44. The molecule has 1 aliphatic rings. The highest BCUT2D eigenvalue weighted by Gasteiger charge is 2.53. The maximum atomic E-state index is 12.2. The van der Waals surface area contributed by atoms with Crippen molar-refractivity contribution in [1.82, 2.24) is 9.88 Å². The Labute approximate surface area is 141 Å². The summed E-state index contributed by atoms with van der Waals surface area (Å²) in [7, 11) is 1.62. The number of hydrogen-bond donors (Lipinski definition) is 3. The first-order valence-electron chi connectivity index (χ1n) is 8.02. The Kier molecular flexibility index (Phi) is 4.73. The molecule has 3 atom stereocenters. The third kappa shape index (κ3) is 3.16.